The van der Waals surface area contributed by atoms with Crippen LogP contribution < -0.4 is 5.90 Å². The van der Waals surface area contributed by atoms with Gasteiger partial charge in [-0.2, -0.15) is 5.90 Å². The highest BCUT2D eigenvalue weighted by atomic mass is 16.8. The monoisotopic (exact) mass is 187 g/mol. The third kappa shape index (κ3) is 2.59. The molecule has 13 heavy (non-hydrogen) atoms. The van der Waals surface area contributed by atoms with E-state index >= 15 is 0 Å². The zero-order chi connectivity index (χ0) is 9.73. The normalized spacial score (nSPS) is 20.8. The van der Waals surface area contributed by atoms with Gasteiger partial charge in [0.05, 0.1) is 0 Å². The molecule has 0 heterocycles. The van der Waals surface area contributed by atoms with Crippen molar-refractivity contribution in [3.63, 3.8) is 0 Å². The van der Waals surface area contributed by atoms with Crippen LogP contribution in [0.4, 0.5) is 4.79 Å². The Morgan fingerprint density at radius 1 is 1.38 bits per heavy atom. The van der Waals surface area contributed by atoms with Crippen molar-refractivity contribution in [2.75, 3.05) is 0 Å². The topological polar surface area (TPSA) is 61.5 Å². The summed E-state index contributed by atoms with van der Waals surface area (Å²) in [5, 5.41) is 0. The number of hydrogen-bond acceptors (Lipinski definition) is 4. The number of hydrogen-bond donors (Lipinski definition) is 1. The summed E-state index contributed by atoms with van der Waals surface area (Å²) in [5.74, 6) is 4.73. The summed E-state index contributed by atoms with van der Waals surface area (Å²) in [6.07, 6.45) is 5.39. The molecule has 0 spiro atoms. The van der Waals surface area contributed by atoms with Crippen molar-refractivity contribution >= 4 is 6.16 Å². The van der Waals surface area contributed by atoms with Gasteiger partial charge in [-0.25, -0.2) is 4.79 Å². The van der Waals surface area contributed by atoms with E-state index in [4.69, 9.17) is 10.6 Å². The average molecular weight is 187 g/mol. The van der Waals surface area contributed by atoms with Crippen molar-refractivity contribution in [3.8, 4) is 0 Å². The lowest BCUT2D eigenvalue weighted by molar-refractivity contribution is -0.0575. The first-order valence-electron chi connectivity index (χ1n) is 4.82. The summed E-state index contributed by atoms with van der Waals surface area (Å²) in [6.45, 7) is 2.02. The lowest BCUT2D eigenvalue weighted by Gasteiger charge is -2.34. The van der Waals surface area contributed by atoms with Crippen molar-refractivity contribution in [2.45, 2.75) is 51.0 Å². The molecule has 0 aliphatic heterocycles. The highest BCUT2D eigenvalue weighted by Gasteiger charge is 2.34. The van der Waals surface area contributed by atoms with Gasteiger partial charge in [-0.3, -0.25) is 0 Å². The smallest absolute Gasteiger partial charge is 0.426 e. The standard InChI is InChI=1S/C9H17NO3/c1-2-9(12-8(11)13-10)6-4-3-5-7-9/h2-7,10H2,1H3. The predicted molar refractivity (Wildman–Crippen MR) is 47.9 cm³/mol. The predicted octanol–water partition coefficient (Wildman–Crippen LogP) is 2.13. The minimum Gasteiger partial charge on any atom is -0.426 e. The zero-order valence-electron chi connectivity index (χ0n) is 8.04. The second kappa shape index (κ2) is 4.46. The maximum Gasteiger partial charge on any atom is 0.528 e. The number of rotatable bonds is 2. The molecule has 0 aromatic heterocycles. The van der Waals surface area contributed by atoms with E-state index in [0.29, 0.717) is 0 Å². The molecule has 0 amide bonds. The maximum absolute atomic E-state index is 10.9. The van der Waals surface area contributed by atoms with Crippen LogP contribution in [0.1, 0.15) is 45.4 Å². The van der Waals surface area contributed by atoms with Gasteiger partial charge in [0.25, 0.3) is 0 Å². The van der Waals surface area contributed by atoms with Crippen molar-refractivity contribution < 1.29 is 14.4 Å². The van der Waals surface area contributed by atoms with Crippen molar-refractivity contribution in [3.05, 3.63) is 0 Å². The minimum atomic E-state index is -0.760. The Balaban J connectivity index is 2.52. The van der Waals surface area contributed by atoms with Crippen LogP contribution in [0.25, 0.3) is 0 Å². The Kier molecular flexibility index (Phi) is 3.54. The van der Waals surface area contributed by atoms with E-state index < -0.39 is 6.16 Å². The Labute approximate surface area is 78.3 Å². The van der Waals surface area contributed by atoms with Gasteiger partial charge in [0, 0.05) is 0 Å². The van der Waals surface area contributed by atoms with E-state index in [1.54, 1.807) is 0 Å². The Morgan fingerprint density at radius 2 is 2.00 bits per heavy atom. The molecule has 1 rings (SSSR count). The van der Waals surface area contributed by atoms with Gasteiger partial charge in [-0.15, -0.1) is 0 Å². The Bertz CT molecular complexity index is 176. The van der Waals surface area contributed by atoms with Gasteiger partial charge < -0.3 is 9.57 Å². The molecule has 76 valence electrons. The van der Waals surface area contributed by atoms with E-state index in [-0.39, 0.29) is 5.60 Å². The fraction of sp³-hybridized carbons (Fsp3) is 0.889. The second-order valence-electron chi connectivity index (χ2n) is 3.57. The largest absolute Gasteiger partial charge is 0.528 e. The molecule has 0 aromatic carbocycles. The molecule has 0 bridgehead atoms. The molecule has 0 saturated heterocycles. The van der Waals surface area contributed by atoms with Crippen LogP contribution in [0.5, 0.6) is 0 Å². The van der Waals surface area contributed by atoms with Crippen LogP contribution in [-0.4, -0.2) is 11.8 Å². The van der Waals surface area contributed by atoms with Crippen LogP contribution in [0.3, 0.4) is 0 Å². The summed E-state index contributed by atoms with van der Waals surface area (Å²) in [4.78, 5) is 14.9. The second-order valence-corrected chi connectivity index (χ2v) is 3.57. The molecule has 1 aliphatic carbocycles. The molecular weight excluding hydrogens is 170 g/mol. The van der Waals surface area contributed by atoms with Crippen molar-refractivity contribution in [2.24, 2.45) is 5.90 Å². The lowest BCUT2D eigenvalue weighted by atomic mass is 9.83. The fourth-order valence-electron chi connectivity index (χ4n) is 1.92. The molecule has 2 N–H and O–H groups in total. The van der Waals surface area contributed by atoms with Gasteiger partial charge in [0.15, 0.2) is 0 Å². The quantitative estimate of drug-likeness (QED) is 0.531. The van der Waals surface area contributed by atoms with Gasteiger partial charge >= 0.3 is 6.16 Å². The summed E-state index contributed by atoms with van der Waals surface area (Å²) < 4.78 is 5.19. The number of carbonyl (C=O) groups is 1. The summed E-state index contributed by atoms with van der Waals surface area (Å²) in [7, 11) is 0. The molecule has 0 radical (unpaired) electrons. The van der Waals surface area contributed by atoms with E-state index in [9.17, 15) is 4.79 Å². The molecular formula is C9H17NO3. The van der Waals surface area contributed by atoms with Crippen LogP contribution >= 0.6 is 0 Å². The maximum atomic E-state index is 10.9. The fourth-order valence-corrected chi connectivity index (χ4v) is 1.92. The minimum absolute atomic E-state index is 0.311. The summed E-state index contributed by atoms with van der Waals surface area (Å²) in [6, 6.07) is 0. The van der Waals surface area contributed by atoms with Crippen LogP contribution in [0.2, 0.25) is 0 Å². The van der Waals surface area contributed by atoms with Gasteiger partial charge in [0.2, 0.25) is 0 Å². The first-order valence-corrected chi connectivity index (χ1v) is 4.82. The molecule has 1 aliphatic rings. The van der Waals surface area contributed by atoms with Crippen LogP contribution in [0.15, 0.2) is 0 Å². The highest BCUT2D eigenvalue weighted by molar-refractivity contribution is 5.60. The zero-order valence-corrected chi connectivity index (χ0v) is 8.04. The number of ether oxygens (including phenoxy) is 1. The van der Waals surface area contributed by atoms with Gasteiger partial charge in [-0.1, -0.05) is 13.3 Å². The lowest BCUT2D eigenvalue weighted by Crippen LogP contribution is -2.37. The van der Waals surface area contributed by atoms with Gasteiger partial charge in [-0.05, 0) is 32.1 Å². The van der Waals surface area contributed by atoms with Crippen molar-refractivity contribution in [1.82, 2.24) is 0 Å². The van der Waals surface area contributed by atoms with E-state index in [1.807, 2.05) is 6.92 Å². The third-order valence-corrected chi connectivity index (χ3v) is 2.81. The van der Waals surface area contributed by atoms with Crippen molar-refractivity contribution in [1.29, 1.82) is 0 Å². The first kappa shape index (κ1) is 10.3. The molecule has 1 fully saturated rings. The molecule has 4 nitrogen and oxygen atoms in total. The first-order chi connectivity index (χ1) is 6.22. The number of carbonyl (C=O) groups excluding carboxylic acids is 1. The van der Waals surface area contributed by atoms with E-state index in [2.05, 4.69) is 4.84 Å². The molecule has 0 unspecified atom stereocenters. The Morgan fingerprint density at radius 3 is 2.46 bits per heavy atom. The molecule has 0 aromatic rings. The summed E-state index contributed by atoms with van der Waals surface area (Å²) in [5.41, 5.74) is -0.311. The van der Waals surface area contributed by atoms with E-state index in [0.717, 1.165) is 32.1 Å². The Hall–Kier alpha value is -0.770. The third-order valence-electron chi connectivity index (χ3n) is 2.81. The van der Waals surface area contributed by atoms with Gasteiger partial charge in [0.1, 0.15) is 5.60 Å². The SMILES string of the molecule is CCC1(OC(=O)ON)CCCCC1. The molecule has 1 saturated carbocycles. The van der Waals surface area contributed by atoms with Crippen LogP contribution in [-0.2, 0) is 9.57 Å². The van der Waals surface area contributed by atoms with E-state index in [1.165, 1.54) is 6.42 Å². The van der Waals surface area contributed by atoms with Crippen LogP contribution in [0, 0.1) is 0 Å². The highest BCUT2D eigenvalue weighted by Crippen LogP contribution is 2.34. The number of nitrogens with two attached hydrogens (primary N) is 1. The molecule has 0 atom stereocenters. The summed E-state index contributed by atoms with van der Waals surface area (Å²) >= 11 is 0. The molecule has 4 heteroatoms. The average Bonchev–Trinajstić information content (AvgIpc) is 2.19.